The summed E-state index contributed by atoms with van der Waals surface area (Å²) in [5, 5.41) is 12.8. The number of aliphatic hydroxyl groups excluding tert-OH is 1. The van der Waals surface area contributed by atoms with Gasteiger partial charge in [-0.15, -0.1) is 0 Å². The third-order valence-electron chi connectivity index (χ3n) is 3.15. The smallest absolute Gasteiger partial charge is 0.269 e. The Labute approximate surface area is 124 Å². The van der Waals surface area contributed by atoms with Crippen LogP contribution in [0.25, 0.3) is 0 Å². The van der Waals surface area contributed by atoms with Crippen LogP contribution in [0.1, 0.15) is 22.2 Å². The fraction of sp³-hybridized carbons (Fsp3) is 0.250. The van der Waals surface area contributed by atoms with Crippen LogP contribution in [0.2, 0.25) is 0 Å². The number of aromatic nitrogens is 1. The van der Waals surface area contributed by atoms with Gasteiger partial charge in [0.1, 0.15) is 5.69 Å². The normalized spacial score (nSPS) is 11.8. The summed E-state index contributed by atoms with van der Waals surface area (Å²) >= 11 is 0. The average Bonchev–Trinajstić information content (AvgIpc) is 2.53. The number of rotatable bonds is 5. The molecular weight excluding hydrogens is 266 g/mol. The first-order valence-corrected chi connectivity index (χ1v) is 6.72. The zero-order chi connectivity index (χ0) is 15.2. The van der Waals surface area contributed by atoms with Gasteiger partial charge < -0.3 is 15.3 Å². The molecule has 0 radical (unpaired) electrons. The number of pyridine rings is 1. The van der Waals surface area contributed by atoms with Crippen molar-refractivity contribution >= 4 is 11.6 Å². The van der Waals surface area contributed by atoms with Crippen molar-refractivity contribution in [1.29, 1.82) is 0 Å². The van der Waals surface area contributed by atoms with Crippen LogP contribution in [-0.4, -0.2) is 36.6 Å². The second kappa shape index (κ2) is 6.85. The molecule has 0 spiro atoms. The average molecular weight is 285 g/mol. The van der Waals surface area contributed by atoms with Crippen molar-refractivity contribution in [2.45, 2.75) is 6.10 Å². The number of aliphatic hydroxyl groups is 1. The van der Waals surface area contributed by atoms with Crippen LogP contribution in [-0.2, 0) is 0 Å². The number of benzene rings is 1. The van der Waals surface area contributed by atoms with E-state index in [1.807, 2.05) is 43.3 Å². The predicted octanol–water partition coefficient (Wildman–Crippen LogP) is 1.61. The standard InChI is InChI=1S/C16H19N3O2/c1-19(2)13-8-6-12(7-9-13)15(20)11-18-16(21)14-5-3-4-10-17-14/h3-10,15,20H,11H2,1-2H3,(H,18,21). The lowest BCUT2D eigenvalue weighted by atomic mass is 10.1. The number of amides is 1. The van der Waals surface area contributed by atoms with Crippen molar-refractivity contribution in [3.05, 3.63) is 59.9 Å². The summed E-state index contributed by atoms with van der Waals surface area (Å²) in [7, 11) is 3.91. The van der Waals surface area contributed by atoms with Gasteiger partial charge in [-0.25, -0.2) is 0 Å². The van der Waals surface area contributed by atoms with Gasteiger partial charge in [0.2, 0.25) is 0 Å². The Morgan fingerprint density at radius 1 is 1.24 bits per heavy atom. The van der Waals surface area contributed by atoms with E-state index >= 15 is 0 Å². The van der Waals surface area contributed by atoms with Crippen molar-refractivity contribution in [2.75, 3.05) is 25.5 Å². The first-order chi connectivity index (χ1) is 10.1. The number of hydrogen-bond acceptors (Lipinski definition) is 4. The summed E-state index contributed by atoms with van der Waals surface area (Å²) in [6.07, 6.45) is 0.819. The molecule has 110 valence electrons. The summed E-state index contributed by atoms with van der Waals surface area (Å²) in [6.45, 7) is 0.150. The number of nitrogens with one attached hydrogen (secondary N) is 1. The van der Waals surface area contributed by atoms with E-state index in [1.54, 1.807) is 24.4 Å². The lowest BCUT2D eigenvalue weighted by Crippen LogP contribution is -2.29. The molecule has 0 bridgehead atoms. The second-order valence-electron chi connectivity index (χ2n) is 4.93. The van der Waals surface area contributed by atoms with E-state index in [0.29, 0.717) is 5.69 Å². The van der Waals surface area contributed by atoms with Gasteiger partial charge >= 0.3 is 0 Å². The van der Waals surface area contributed by atoms with Gasteiger partial charge in [-0.05, 0) is 29.8 Å². The Morgan fingerprint density at radius 2 is 1.95 bits per heavy atom. The maximum absolute atomic E-state index is 11.8. The van der Waals surface area contributed by atoms with E-state index in [-0.39, 0.29) is 12.5 Å². The molecule has 2 aromatic rings. The molecule has 0 aliphatic carbocycles. The van der Waals surface area contributed by atoms with Gasteiger partial charge in [-0.1, -0.05) is 18.2 Å². The summed E-state index contributed by atoms with van der Waals surface area (Å²) in [5.41, 5.74) is 2.16. The van der Waals surface area contributed by atoms with E-state index < -0.39 is 6.10 Å². The highest BCUT2D eigenvalue weighted by Gasteiger charge is 2.11. The van der Waals surface area contributed by atoms with E-state index in [0.717, 1.165) is 11.3 Å². The van der Waals surface area contributed by atoms with Crippen molar-refractivity contribution in [3.8, 4) is 0 Å². The van der Waals surface area contributed by atoms with Crippen LogP contribution in [0, 0.1) is 0 Å². The molecule has 5 nitrogen and oxygen atoms in total. The molecule has 1 atom stereocenters. The van der Waals surface area contributed by atoms with Crippen LogP contribution < -0.4 is 10.2 Å². The number of carbonyl (C=O) groups excluding carboxylic acids is 1. The fourth-order valence-corrected chi connectivity index (χ4v) is 1.89. The topological polar surface area (TPSA) is 65.5 Å². The monoisotopic (exact) mass is 285 g/mol. The molecule has 0 fully saturated rings. The van der Waals surface area contributed by atoms with E-state index in [2.05, 4.69) is 10.3 Å². The zero-order valence-electron chi connectivity index (χ0n) is 12.2. The van der Waals surface area contributed by atoms with Crippen LogP contribution >= 0.6 is 0 Å². The highest BCUT2D eigenvalue weighted by molar-refractivity contribution is 5.92. The maximum atomic E-state index is 11.8. The minimum Gasteiger partial charge on any atom is -0.387 e. The molecule has 1 aromatic heterocycles. The van der Waals surface area contributed by atoms with Crippen molar-refractivity contribution in [2.24, 2.45) is 0 Å². The summed E-state index contributed by atoms with van der Waals surface area (Å²) in [4.78, 5) is 17.8. The predicted molar refractivity (Wildman–Crippen MR) is 82.3 cm³/mol. The molecule has 2 N–H and O–H groups in total. The molecule has 1 amide bonds. The largest absolute Gasteiger partial charge is 0.387 e. The first kappa shape index (κ1) is 15.0. The molecule has 1 heterocycles. The Balaban J connectivity index is 1.92. The van der Waals surface area contributed by atoms with Gasteiger partial charge in [0, 0.05) is 32.5 Å². The Hall–Kier alpha value is -2.40. The number of hydrogen-bond donors (Lipinski definition) is 2. The van der Waals surface area contributed by atoms with E-state index in [1.165, 1.54) is 0 Å². The van der Waals surface area contributed by atoms with Gasteiger partial charge in [-0.2, -0.15) is 0 Å². The lowest BCUT2D eigenvalue weighted by molar-refractivity contribution is 0.0911. The Kier molecular flexibility index (Phi) is 4.90. The second-order valence-corrected chi connectivity index (χ2v) is 4.93. The third-order valence-corrected chi connectivity index (χ3v) is 3.15. The Morgan fingerprint density at radius 3 is 2.52 bits per heavy atom. The van der Waals surface area contributed by atoms with Gasteiger partial charge in [0.05, 0.1) is 6.10 Å². The minimum absolute atomic E-state index is 0.150. The maximum Gasteiger partial charge on any atom is 0.269 e. The van der Waals surface area contributed by atoms with Crippen molar-refractivity contribution < 1.29 is 9.90 Å². The quantitative estimate of drug-likeness (QED) is 0.876. The highest BCUT2D eigenvalue weighted by Crippen LogP contribution is 2.17. The van der Waals surface area contributed by atoms with Crippen LogP contribution in [0.15, 0.2) is 48.7 Å². The zero-order valence-corrected chi connectivity index (χ0v) is 12.2. The minimum atomic E-state index is -0.742. The molecule has 0 aliphatic heterocycles. The van der Waals surface area contributed by atoms with E-state index in [4.69, 9.17) is 0 Å². The highest BCUT2D eigenvalue weighted by atomic mass is 16.3. The van der Waals surface area contributed by atoms with Crippen LogP contribution in [0.4, 0.5) is 5.69 Å². The molecule has 0 saturated carbocycles. The van der Waals surface area contributed by atoms with Gasteiger partial charge in [0.15, 0.2) is 0 Å². The summed E-state index contributed by atoms with van der Waals surface area (Å²) in [5.74, 6) is -0.292. The molecular formula is C16H19N3O2. The fourth-order valence-electron chi connectivity index (χ4n) is 1.89. The molecule has 2 rings (SSSR count). The van der Waals surface area contributed by atoms with Crippen LogP contribution in [0.3, 0.4) is 0 Å². The van der Waals surface area contributed by atoms with Gasteiger partial charge in [-0.3, -0.25) is 9.78 Å². The summed E-state index contributed by atoms with van der Waals surface area (Å²) < 4.78 is 0. The van der Waals surface area contributed by atoms with E-state index in [9.17, 15) is 9.90 Å². The number of nitrogens with zero attached hydrogens (tertiary/aromatic N) is 2. The molecule has 0 saturated heterocycles. The molecule has 0 aliphatic rings. The molecule has 21 heavy (non-hydrogen) atoms. The third kappa shape index (κ3) is 4.03. The SMILES string of the molecule is CN(C)c1ccc(C(O)CNC(=O)c2ccccn2)cc1. The lowest BCUT2D eigenvalue weighted by Gasteiger charge is -2.15. The molecule has 1 unspecified atom stereocenters. The number of anilines is 1. The summed E-state index contributed by atoms with van der Waals surface area (Å²) in [6, 6.07) is 12.7. The Bertz CT molecular complexity index is 582. The molecule has 5 heteroatoms. The molecule has 1 aromatic carbocycles. The first-order valence-electron chi connectivity index (χ1n) is 6.72. The van der Waals surface area contributed by atoms with Crippen molar-refractivity contribution in [1.82, 2.24) is 10.3 Å². The van der Waals surface area contributed by atoms with Gasteiger partial charge in [0.25, 0.3) is 5.91 Å². The van der Waals surface area contributed by atoms with Crippen molar-refractivity contribution in [3.63, 3.8) is 0 Å². The number of carbonyl (C=O) groups is 1. The van der Waals surface area contributed by atoms with Crippen LogP contribution in [0.5, 0.6) is 0 Å².